The first-order valence-corrected chi connectivity index (χ1v) is 57.2. The molecule has 16 atom stereocenters. The van der Waals surface area contributed by atoms with Gasteiger partial charge >= 0.3 is 0 Å². The smallest absolute Gasteiger partial charge is 0.152 e. The molecular formula is C84H168O24S8. The van der Waals surface area contributed by atoms with Gasteiger partial charge in [0.15, 0.2) is 78.7 Å². The normalized spacial score (nSPS) is 26.1. The van der Waals surface area contributed by atoms with Crippen LogP contribution in [0.2, 0.25) is 0 Å². The van der Waals surface area contributed by atoms with E-state index in [9.17, 15) is 87.8 Å². The summed E-state index contributed by atoms with van der Waals surface area (Å²) in [5.74, 6) is 2.24. The molecule has 32 heteroatoms. The molecule has 0 bridgehead atoms. The van der Waals surface area contributed by atoms with Crippen molar-refractivity contribution in [2.45, 2.75) is 360 Å². The van der Waals surface area contributed by atoms with Crippen LogP contribution < -0.4 is 0 Å². The van der Waals surface area contributed by atoms with Crippen molar-refractivity contribution in [1.29, 1.82) is 0 Å². The second kappa shape index (κ2) is 41.8. The zero-order valence-electron chi connectivity index (χ0n) is 78.4. The van der Waals surface area contributed by atoms with Crippen LogP contribution in [0.15, 0.2) is 0 Å². The summed E-state index contributed by atoms with van der Waals surface area (Å²) in [7, 11) is -18.0. The van der Waals surface area contributed by atoms with Crippen LogP contribution in [0, 0.1) is 90.7 Å². The zero-order chi connectivity index (χ0) is 92.0. The fourth-order valence-electron chi connectivity index (χ4n) is 19.4. The van der Waals surface area contributed by atoms with Crippen molar-refractivity contribution in [2.75, 3.05) is 78.5 Å². The number of aliphatic hydroxyl groups is 4. The maximum atomic E-state index is 11.5. The number of sulfone groups is 8. The molecule has 0 amide bonds. The SMILES string of the molecule is CO[C@@H](C1CC(C)(C)C1)[C@@H](C)S(C)(=O)=O.CO[C@@H](C1CC(C)(C)C1)[C@H](C)S(C)(=O)=O.CO[C@H](C1CC(C)(C)C1)[C@@H](C)S(C)(=O)=O.CO[C@H](C1CC(C)(C)C1)[C@H](C)S(C)(=O)=O.C[C@@H]([C@@H](O)C1CC(C)(C)C1)S(C)(=O)=O.C[C@@H]([C@H](O)C1CC(C)(C)C1)S(C)(=O)=O.C[C@@H]([C@H](O)C1CC(C)(C)C1)S(C)(=O)=O.C[C@H]([C@H](O)C1CC(C)(C)C1)S(C)(=O)=O. The molecule has 4 N–H and O–H groups in total. The minimum absolute atomic E-state index is 0.145. The summed E-state index contributed by atoms with van der Waals surface area (Å²) in [4.78, 5) is 0. The molecular weight excluding hydrogens is 1650 g/mol. The van der Waals surface area contributed by atoms with Crippen molar-refractivity contribution in [1.82, 2.24) is 0 Å². The van der Waals surface area contributed by atoms with E-state index in [2.05, 4.69) is 111 Å². The minimum atomic E-state index is -3.11. The Kier molecular flexibility index (Phi) is 40.8. The Morgan fingerprint density at radius 1 is 0.198 bits per heavy atom. The van der Waals surface area contributed by atoms with Crippen LogP contribution in [-0.4, -0.2) is 257 Å². The Morgan fingerprint density at radius 3 is 0.353 bits per heavy atom. The highest BCUT2D eigenvalue weighted by Crippen LogP contribution is 2.54. The molecule has 8 saturated carbocycles. The monoisotopic (exact) mass is 1820 g/mol. The van der Waals surface area contributed by atoms with E-state index < -0.39 is 145 Å². The lowest BCUT2D eigenvalue weighted by atomic mass is 9.62. The molecule has 24 nitrogen and oxygen atoms in total. The fourth-order valence-corrected chi connectivity index (χ4v) is 25.6. The van der Waals surface area contributed by atoms with Gasteiger partial charge in [-0.25, -0.2) is 67.3 Å². The molecule has 0 unspecified atom stereocenters. The van der Waals surface area contributed by atoms with Gasteiger partial charge in [0.1, 0.15) is 0 Å². The molecule has 0 aromatic carbocycles. The summed E-state index contributed by atoms with van der Waals surface area (Å²) in [6.07, 6.45) is 22.4. The predicted octanol–water partition coefficient (Wildman–Crippen LogP) is 12.3. The van der Waals surface area contributed by atoms with Crippen LogP contribution in [0.25, 0.3) is 0 Å². The third-order valence-electron chi connectivity index (χ3n) is 27.1. The van der Waals surface area contributed by atoms with Crippen molar-refractivity contribution >= 4 is 78.7 Å². The van der Waals surface area contributed by atoms with Crippen LogP contribution in [0.3, 0.4) is 0 Å². The van der Waals surface area contributed by atoms with Crippen LogP contribution >= 0.6 is 0 Å². The highest BCUT2D eigenvalue weighted by molar-refractivity contribution is 7.93. The molecule has 0 aliphatic heterocycles. The molecule has 0 radical (unpaired) electrons. The summed E-state index contributed by atoms with van der Waals surface area (Å²) in [6.45, 7) is 48.1. The van der Waals surface area contributed by atoms with E-state index in [1.807, 2.05) is 0 Å². The van der Waals surface area contributed by atoms with Crippen molar-refractivity contribution in [2.24, 2.45) is 90.7 Å². The maximum absolute atomic E-state index is 11.5. The Labute approximate surface area is 709 Å². The maximum Gasteiger partial charge on any atom is 0.152 e. The number of methoxy groups -OCH3 is 4. The van der Waals surface area contributed by atoms with Crippen LogP contribution in [0.5, 0.6) is 0 Å². The first-order valence-electron chi connectivity index (χ1n) is 41.6. The molecule has 0 aromatic rings. The molecule has 8 rings (SSSR count). The highest BCUT2D eigenvalue weighted by Gasteiger charge is 2.51. The van der Waals surface area contributed by atoms with Gasteiger partial charge in [-0.2, -0.15) is 0 Å². The van der Waals surface area contributed by atoms with Gasteiger partial charge < -0.3 is 39.4 Å². The number of rotatable bonds is 28. The summed E-state index contributed by atoms with van der Waals surface area (Å²) in [5, 5.41) is 35.2. The van der Waals surface area contributed by atoms with Gasteiger partial charge in [-0.3, -0.25) is 0 Å². The summed E-state index contributed by atoms with van der Waals surface area (Å²) in [5.41, 5.74) is 2.56. The Bertz CT molecular complexity index is 3470. The Hall–Kier alpha value is -0.720. The van der Waals surface area contributed by atoms with Crippen molar-refractivity contribution < 1.29 is 107 Å². The quantitative estimate of drug-likeness (QED) is 0.0565. The van der Waals surface area contributed by atoms with Gasteiger partial charge in [0.05, 0.1) is 90.8 Å². The van der Waals surface area contributed by atoms with E-state index >= 15 is 0 Å². The fraction of sp³-hybridized carbons (Fsp3) is 1.00. The van der Waals surface area contributed by atoms with Crippen molar-refractivity contribution in [3.63, 3.8) is 0 Å². The van der Waals surface area contributed by atoms with Crippen LogP contribution in [0.1, 0.15) is 269 Å². The number of ether oxygens (including phenoxy) is 4. The lowest BCUT2D eigenvalue weighted by Crippen LogP contribution is -2.46. The zero-order valence-corrected chi connectivity index (χ0v) is 84.9. The molecule has 8 aliphatic carbocycles. The number of aliphatic hydroxyl groups excluding tert-OH is 4. The molecule has 0 aromatic heterocycles. The first-order chi connectivity index (χ1) is 51.2. The molecule has 116 heavy (non-hydrogen) atoms. The van der Waals surface area contributed by atoms with E-state index in [0.717, 1.165) is 103 Å². The largest absolute Gasteiger partial charge is 0.391 e. The number of hydrogen-bond acceptors (Lipinski definition) is 24. The summed E-state index contributed by atoms with van der Waals surface area (Å²) < 4.78 is 203. The Morgan fingerprint density at radius 2 is 0.284 bits per heavy atom. The van der Waals surface area contributed by atoms with Gasteiger partial charge in [0.25, 0.3) is 0 Å². The lowest BCUT2D eigenvalue weighted by Gasteiger charge is -2.47. The van der Waals surface area contributed by atoms with E-state index in [1.54, 1.807) is 83.8 Å². The molecule has 8 aliphatic rings. The van der Waals surface area contributed by atoms with E-state index in [1.165, 1.54) is 50.0 Å². The van der Waals surface area contributed by atoms with Gasteiger partial charge in [-0.15, -0.1) is 0 Å². The second-order valence-electron chi connectivity index (χ2n) is 43.7. The molecule has 0 spiro atoms. The first kappa shape index (κ1) is 113. The average molecular weight is 1820 g/mol. The predicted molar refractivity (Wildman–Crippen MR) is 474 cm³/mol. The highest BCUT2D eigenvalue weighted by atomic mass is 32.2. The summed E-state index contributed by atoms with van der Waals surface area (Å²) >= 11 is 0. The molecule has 0 saturated heterocycles. The van der Waals surface area contributed by atoms with E-state index in [0.29, 0.717) is 45.3 Å². The molecule has 0 heterocycles. The molecule has 8 fully saturated rings. The molecule has 696 valence electrons. The van der Waals surface area contributed by atoms with Gasteiger partial charge in [-0.05, 0) is 249 Å². The second-order valence-corrected chi connectivity index (χ2v) is 62.9. The van der Waals surface area contributed by atoms with Gasteiger partial charge in [0, 0.05) is 78.5 Å². The Balaban J connectivity index is 0.000000663. The van der Waals surface area contributed by atoms with Crippen molar-refractivity contribution in [3.8, 4) is 0 Å². The van der Waals surface area contributed by atoms with Gasteiger partial charge in [0.2, 0.25) is 0 Å². The van der Waals surface area contributed by atoms with E-state index in [4.69, 9.17) is 18.9 Å². The standard InChI is InChI=1S/4C11H22O3S.4C10H20O3S/c4*1-8(15(5,12)13)10(14-4)9-6-11(2,3)7-9;4*1-7(14(4,12)13)9(11)8-5-10(2,3)6-8/h4*8-10H,6-7H2,1-5H3;4*7-9,11H,5-6H2,1-4H3/t2*8-,10+;2*8-,10-;2*7-,9+;2*7-,9-/m10101000/s1. The minimum Gasteiger partial charge on any atom is -0.391 e. The lowest BCUT2D eigenvalue weighted by molar-refractivity contribution is -0.0367. The topological polar surface area (TPSA) is 391 Å². The van der Waals surface area contributed by atoms with Crippen LogP contribution in [0.4, 0.5) is 0 Å². The third kappa shape index (κ3) is 36.0. The average Bonchev–Trinajstić information content (AvgIpc) is 0.771. The van der Waals surface area contributed by atoms with Crippen LogP contribution in [-0.2, 0) is 97.6 Å². The number of hydrogen-bond donors (Lipinski definition) is 4. The van der Waals surface area contributed by atoms with E-state index in [-0.39, 0.29) is 69.7 Å². The van der Waals surface area contributed by atoms with Crippen molar-refractivity contribution in [3.05, 3.63) is 0 Å². The third-order valence-corrected chi connectivity index (χ3v) is 40.1. The van der Waals surface area contributed by atoms with Gasteiger partial charge in [-0.1, -0.05) is 111 Å². The summed E-state index contributed by atoms with van der Waals surface area (Å²) in [6, 6.07) is 0.